The lowest BCUT2D eigenvalue weighted by Gasteiger charge is -2.39. The number of aromatic amines is 1. The topological polar surface area (TPSA) is 51.3 Å². The summed E-state index contributed by atoms with van der Waals surface area (Å²) in [7, 11) is 0. The lowest BCUT2D eigenvalue weighted by molar-refractivity contribution is 0.0965. The molecule has 0 aromatic carbocycles. The van der Waals surface area contributed by atoms with E-state index in [0.29, 0.717) is 6.04 Å². The molecule has 6 heteroatoms. The normalized spacial score (nSPS) is 20.1. The van der Waals surface area contributed by atoms with E-state index in [1.54, 1.807) is 0 Å². The van der Waals surface area contributed by atoms with Crippen LogP contribution in [0.25, 0.3) is 11.5 Å². The zero-order valence-corrected chi connectivity index (χ0v) is 19.0. The number of anilines is 1. The number of hydrogen-bond acceptors (Lipinski definition) is 5. The molecule has 0 saturated carbocycles. The van der Waals surface area contributed by atoms with Crippen molar-refractivity contribution in [3.05, 3.63) is 30.1 Å². The predicted octanol–water partition coefficient (Wildman–Crippen LogP) is 3.81. The molecule has 0 amide bonds. The molecule has 164 valence electrons. The van der Waals surface area contributed by atoms with Gasteiger partial charge in [0.2, 0.25) is 0 Å². The van der Waals surface area contributed by atoms with Crippen molar-refractivity contribution in [3.8, 4) is 11.5 Å². The minimum absolute atomic E-state index is 0.677. The van der Waals surface area contributed by atoms with Crippen molar-refractivity contribution >= 4 is 5.82 Å². The van der Waals surface area contributed by atoms with Crippen molar-refractivity contribution in [1.29, 1.82) is 0 Å². The Balaban J connectivity index is 1.37. The number of nitrogens with one attached hydrogen (secondary N) is 1. The monoisotopic (exact) mass is 410 g/mol. The van der Waals surface area contributed by atoms with Gasteiger partial charge < -0.3 is 14.8 Å². The highest BCUT2D eigenvalue weighted by Crippen LogP contribution is 2.23. The van der Waals surface area contributed by atoms with Crippen LogP contribution in [-0.4, -0.2) is 76.1 Å². The molecule has 4 heterocycles. The number of imidazole rings is 1. The van der Waals surface area contributed by atoms with Gasteiger partial charge in [0.1, 0.15) is 11.5 Å². The predicted molar refractivity (Wildman–Crippen MR) is 124 cm³/mol. The first-order valence-corrected chi connectivity index (χ1v) is 11.9. The third-order valence-corrected chi connectivity index (χ3v) is 6.71. The van der Waals surface area contributed by atoms with Crippen LogP contribution < -0.4 is 4.90 Å². The standard InChI is InChI=1S/C24H38N6/c1-4-7-20-18-25-24(26-20)22-8-5-9-23(27-22)30-13-6-12-29(16-17-30)21-10-14-28(15-11-21)19(2)3/h5,8-9,18-19,21H,4,6-7,10-17H2,1-3H3,(H,25,26). The molecule has 2 fully saturated rings. The number of H-pyrrole nitrogens is 1. The van der Waals surface area contributed by atoms with Gasteiger partial charge in [0.15, 0.2) is 5.82 Å². The van der Waals surface area contributed by atoms with Crippen molar-refractivity contribution in [1.82, 2.24) is 24.8 Å². The first-order valence-electron chi connectivity index (χ1n) is 11.9. The molecule has 2 aromatic rings. The molecule has 0 aliphatic carbocycles. The maximum Gasteiger partial charge on any atom is 0.156 e. The molecule has 0 radical (unpaired) electrons. The average Bonchev–Trinajstić information content (AvgIpc) is 3.09. The fraction of sp³-hybridized carbons (Fsp3) is 0.667. The molecule has 0 atom stereocenters. The summed E-state index contributed by atoms with van der Waals surface area (Å²) in [6.07, 6.45) is 7.96. The largest absolute Gasteiger partial charge is 0.355 e. The van der Waals surface area contributed by atoms with E-state index in [-0.39, 0.29) is 0 Å². The van der Waals surface area contributed by atoms with Crippen LogP contribution in [0.3, 0.4) is 0 Å². The van der Waals surface area contributed by atoms with Gasteiger partial charge in [0.25, 0.3) is 0 Å². The molecular formula is C24H38N6. The van der Waals surface area contributed by atoms with E-state index in [2.05, 4.69) is 58.7 Å². The van der Waals surface area contributed by atoms with Crippen LogP contribution in [0.5, 0.6) is 0 Å². The maximum atomic E-state index is 4.96. The minimum Gasteiger partial charge on any atom is -0.355 e. The van der Waals surface area contributed by atoms with E-state index in [9.17, 15) is 0 Å². The number of likely N-dealkylation sites (tertiary alicyclic amines) is 1. The van der Waals surface area contributed by atoms with Crippen molar-refractivity contribution in [2.45, 2.75) is 65.0 Å². The first kappa shape index (κ1) is 21.3. The maximum absolute atomic E-state index is 4.96. The summed E-state index contributed by atoms with van der Waals surface area (Å²) in [5.41, 5.74) is 2.06. The Labute approximate surface area is 181 Å². The second kappa shape index (κ2) is 9.92. The van der Waals surface area contributed by atoms with Crippen LogP contribution in [-0.2, 0) is 6.42 Å². The summed E-state index contributed by atoms with van der Waals surface area (Å²) in [5.74, 6) is 1.96. The van der Waals surface area contributed by atoms with E-state index >= 15 is 0 Å². The van der Waals surface area contributed by atoms with E-state index in [0.717, 1.165) is 61.5 Å². The van der Waals surface area contributed by atoms with Crippen LogP contribution in [0, 0.1) is 0 Å². The lowest BCUT2D eigenvalue weighted by Crippen LogP contribution is -2.47. The fourth-order valence-electron chi connectivity index (χ4n) is 4.91. The average molecular weight is 411 g/mol. The molecule has 2 aromatic heterocycles. The highest BCUT2D eigenvalue weighted by atomic mass is 15.3. The number of piperidine rings is 1. The number of pyridine rings is 1. The minimum atomic E-state index is 0.677. The molecule has 0 bridgehead atoms. The Hall–Kier alpha value is -1.92. The summed E-state index contributed by atoms with van der Waals surface area (Å²) in [6, 6.07) is 7.75. The number of aryl methyl sites for hydroxylation is 1. The lowest BCUT2D eigenvalue weighted by atomic mass is 10.0. The number of aromatic nitrogens is 3. The Kier molecular flexibility index (Phi) is 7.05. The SMILES string of the molecule is CCCc1c[nH]c(-c2cccc(N3CCCN(C4CCN(C(C)C)CC4)CC3)n2)n1. The molecule has 6 nitrogen and oxygen atoms in total. The van der Waals surface area contributed by atoms with Crippen molar-refractivity contribution in [3.63, 3.8) is 0 Å². The Morgan fingerprint density at radius 2 is 1.87 bits per heavy atom. The molecule has 1 N–H and O–H groups in total. The van der Waals surface area contributed by atoms with Gasteiger partial charge in [-0.25, -0.2) is 9.97 Å². The highest BCUT2D eigenvalue weighted by Gasteiger charge is 2.27. The second-order valence-electron chi connectivity index (χ2n) is 9.11. The molecule has 0 unspecified atom stereocenters. The van der Waals surface area contributed by atoms with E-state index in [1.165, 1.54) is 38.9 Å². The summed E-state index contributed by atoms with van der Waals surface area (Å²) >= 11 is 0. The number of hydrogen-bond donors (Lipinski definition) is 1. The van der Waals surface area contributed by atoms with Gasteiger partial charge >= 0.3 is 0 Å². The molecule has 2 aliphatic rings. The molecule has 2 aliphatic heterocycles. The molecular weight excluding hydrogens is 372 g/mol. The van der Waals surface area contributed by atoms with E-state index in [1.807, 2.05) is 6.20 Å². The molecule has 2 saturated heterocycles. The summed E-state index contributed by atoms with van der Waals surface area (Å²) < 4.78 is 0. The molecule has 4 rings (SSSR count). The number of nitrogens with zero attached hydrogens (tertiary/aromatic N) is 5. The quantitative estimate of drug-likeness (QED) is 0.785. The van der Waals surface area contributed by atoms with E-state index in [4.69, 9.17) is 9.97 Å². The van der Waals surface area contributed by atoms with Crippen LogP contribution in [0.15, 0.2) is 24.4 Å². The van der Waals surface area contributed by atoms with Gasteiger partial charge in [-0.15, -0.1) is 0 Å². The molecule has 30 heavy (non-hydrogen) atoms. The Morgan fingerprint density at radius 3 is 2.63 bits per heavy atom. The van der Waals surface area contributed by atoms with Crippen LogP contribution in [0.4, 0.5) is 5.82 Å². The molecule has 0 spiro atoms. The van der Waals surface area contributed by atoms with Crippen LogP contribution in [0.2, 0.25) is 0 Å². The zero-order valence-electron chi connectivity index (χ0n) is 19.0. The second-order valence-corrected chi connectivity index (χ2v) is 9.11. The Bertz CT molecular complexity index is 792. The third kappa shape index (κ3) is 5.03. The van der Waals surface area contributed by atoms with Gasteiger partial charge in [0, 0.05) is 44.5 Å². The zero-order chi connectivity index (χ0) is 20.9. The fourth-order valence-corrected chi connectivity index (χ4v) is 4.91. The summed E-state index contributed by atoms with van der Waals surface area (Å²) in [6.45, 7) is 13.8. The number of rotatable bonds is 6. The third-order valence-electron chi connectivity index (χ3n) is 6.71. The van der Waals surface area contributed by atoms with Crippen molar-refractivity contribution in [2.75, 3.05) is 44.2 Å². The smallest absolute Gasteiger partial charge is 0.156 e. The van der Waals surface area contributed by atoms with Gasteiger partial charge in [-0.05, 0) is 64.8 Å². The Morgan fingerprint density at radius 1 is 1.03 bits per heavy atom. The van der Waals surface area contributed by atoms with Gasteiger partial charge in [-0.1, -0.05) is 19.4 Å². The van der Waals surface area contributed by atoms with Gasteiger partial charge in [-0.3, -0.25) is 4.90 Å². The highest BCUT2D eigenvalue weighted by molar-refractivity contribution is 5.54. The van der Waals surface area contributed by atoms with Crippen molar-refractivity contribution < 1.29 is 0 Å². The van der Waals surface area contributed by atoms with Crippen LogP contribution >= 0.6 is 0 Å². The summed E-state index contributed by atoms with van der Waals surface area (Å²) in [4.78, 5) is 20.8. The van der Waals surface area contributed by atoms with Gasteiger partial charge in [0.05, 0.1) is 5.69 Å². The van der Waals surface area contributed by atoms with Crippen molar-refractivity contribution in [2.24, 2.45) is 0 Å². The first-order chi connectivity index (χ1) is 14.6. The van der Waals surface area contributed by atoms with E-state index < -0.39 is 0 Å². The summed E-state index contributed by atoms with van der Waals surface area (Å²) in [5, 5.41) is 0. The van der Waals surface area contributed by atoms with Gasteiger partial charge in [-0.2, -0.15) is 0 Å². The van der Waals surface area contributed by atoms with Crippen LogP contribution in [0.1, 0.15) is 52.1 Å².